The minimum absolute atomic E-state index is 0.102. The van der Waals surface area contributed by atoms with Crippen LogP contribution in [0.2, 0.25) is 0 Å². The lowest BCUT2D eigenvalue weighted by Crippen LogP contribution is -2.19. The van der Waals surface area contributed by atoms with Crippen LogP contribution in [0.5, 0.6) is 5.75 Å². The van der Waals surface area contributed by atoms with E-state index in [0.29, 0.717) is 11.3 Å². The SMILES string of the molecule is COc1cccc(/C=N/NC(=O)c2cccc([N+](=O)[O-])c2C)c1. The molecule has 2 rings (SSSR count). The van der Waals surface area contributed by atoms with E-state index in [1.54, 1.807) is 31.4 Å². The van der Waals surface area contributed by atoms with Crippen molar-refractivity contribution in [3.05, 3.63) is 69.3 Å². The Morgan fingerprint density at radius 1 is 1.30 bits per heavy atom. The summed E-state index contributed by atoms with van der Waals surface area (Å²) in [4.78, 5) is 22.4. The fourth-order valence-corrected chi connectivity index (χ4v) is 2.01. The molecule has 2 aromatic carbocycles. The average molecular weight is 313 g/mol. The Balaban J connectivity index is 2.12. The Bertz CT molecular complexity index is 772. The Morgan fingerprint density at radius 3 is 2.74 bits per heavy atom. The van der Waals surface area contributed by atoms with Gasteiger partial charge in [-0.1, -0.05) is 18.2 Å². The molecule has 2 aromatic rings. The number of carbonyl (C=O) groups is 1. The number of nitro benzene ring substituents is 1. The van der Waals surface area contributed by atoms with E-state index in [1.807, 2.05) is 0 Å². The summed E-state index contributed by atoms with van der Waals surface area (Å²) < 4.78 is 5.09. The summed E-state index contributed by atoms with van der Waals surface area (Å²) in [6.45, 7) is 1.53. The quantitative estimate of drug-likeness (QED) is 0.521. The fourth-order valence-electron chi connectivity index (χ4n) is 2.01. The van der Waals surface area contributed by atoms with Crippen molar-refractivity contribution >= 4 is 17.8 Å². The topological polar surface area (TPSA) is 93.8 Å². The Morgan fingerprint density at radius 2 is 2.04 bits per heavy atom. The average Bonchev–Trinajstić information content (AvgIpc) is 2.54. The molecule has 0 saturated carbocycles. The molecule has 0 bridgehead atoms. The van der Waals surface area contributed by atoms with Gasteiger partial charge in [0.25, 0.3) is 11.6 Å². The molecule has 0 fully saturated rings. The van der Waals surface area contributed by atoms with Gasteiger partial charge < -0.3 is 4.74 Å². The summed E-state index contributed by atoms with van der Waals surface area (Å²) in [5, 5.41) is 14.7. The number of ether oxygens (including phenoxy) is 1. The van der Waals surface area contributed by atoms with Crippen molar-refractivity contribution in [2.24, 2.45) is 5.10 Å². The molecule has 0 spiro atoms. The summed E-state index contributed by atoms with van der Waals surface area (Å²) in [5.41, 5.74) is 3.51. The molecule has 118 valence electrons. The number of nitrogens with one attached hydrogen (secondary N) is 1. The van der Waals surface area contributed by atoms with Crippen molar-refractivity contribution in [3.63, 3.8) is 0 Å². The molecule has 1 amide bonds. The third-order valence-electron chi connectivity index (χ3n) is 3.22. The van der Waals surface area contributed by atoms with E-state index in [-0.39, 0.29) is 11.3 Å². The highest BCUT2D eigenvalue weighted by Crippen LogP contribution is 2.20. The minimum Gasteiger partial charge on any atom is -0.497 e. The van der Waals surface area contributed by atoms with Gasteiger partial charge in [0, 0.05) is 11.6 Å². The van der Waals surface area contributed by atoms with Gasteiger partial charge in [0.2, 0.25) is 0 Å². The van der Waals surface area contributed by atoms with E-state index in [9.17, 15) is 14.9 Å². The van der Waals surface area contributed by atoms with Crippen LogP contribution >= 0.6 is 0 Å². The van der Waals surface area contributed by atoms with Crippen LogP contribution < -0.4 is 10.2 Å². The van der Waals surface area contributed by atoms with Crippen molar-refractivity contribution in [2.75, 3.05) is 7.11 Å². The first-order valence-corrected chi connectivity index (χ1v) is 6.74. The molecule has 7 heteroatoms. The number of benzene rings is 2. The van der Waals surface area contributed by atoms with Gasteiger partial charge >= 0.3 is 0 Å². The van der Waals surface area contributed by atoms with E-state index < -0.39 is 10.8 Å². The van der Waals surface area contributed by atoms with Gasteiger partial charge in [-0.05, 0) is 30.7 Å². The highest BCUT2D eigenvalue weighted by atomic mass is 16.6. The second-order valence-electron chi connectivity index (χ2n) is 4.68. The van der Waals surface area contributed by atoms with Gasteiger partial charge in [0.1, 0.15) is 5.75 Å². The molecule has 0 unspecified atom stereocenters. The van der Waals surface area contributed by atoms with Crippen molar-refractivity contribution in [3.8, 4) is 5.75 Å². The highest BCUT2D eigenvalue weighted by molar-refractivity contribution is 5.97. The minimum atomic E-state index is -0.522. The smallest absolute Gasteiger partial charge is 0.273 e. The molecule has 23 heavy (non-hydrogen) atoms. The van der Waals surface area contributed by atoms with Crippen LogP contribution in [0, 0.1) is 17.0 Å². The van der Waals surface area contributed by atoms with Crippen LogP contribution in [0.25, 0.3) is 0 Å². The van der Waals surface area contributed by atoms with E-state index >= 15 is 0 Å². The zero-order chi connectivity index (χ0) is 16.8. The number of amides is 1. The number of hydrazone groups is 1. The van der Waals surface area contributed by atoms with E-state index in [0.717, 1.165) is 5.56 Å². The summed E-state index contributed by atoms with van der Waals surface area (Å²) in [6, 6.07) is 11.5. The second-order valence-corrected chi connectivity index (χ2v) is 4.68. The van der Waals surface area contributed by atoms with E-state index in [2.05, 4.69) is 10.5 Å². The predicted octanol–water partition coefficient (Wildman–Crippen LogP) is 2.68. The van der Waals surface area contributed by atoms with Crippen molar-refractivity contribution in [1.82, 2.24) is 5.43 Å². The molecule has 0 saturated heterocycles. The standard InChI is InChI=1S/C16H15N3O4/c1-11-14(7-4-8-15(11)19(21)22)16(20)18-17-10-12-5-3-6-13(9-12)23-2/h3-10H,1-2H3,(H,18,20)/b17-10+. The molecule has 0 atom stereocenters. The van der Waals surface area contributed by atoms with Crippen LogP contribution in [0.4, 0.5) is 5.69 Å². The van der Waals surface area contributed by atoms with Gasteiger partial charge in [-0.25, -0.2) is 5.43 Å². The monoisotopic (exact) mass is 313 g/mol. The van der Waals surface area contributed by atoms with Crippen LogP contribution in [-0.4, -0.2) is 24.2 Å². The Labute approximate surface area is 132 Å². The maximum Gasteiger partial charge on any atom is 0.273 e. The number of hydrogen-bond donors (Lipinski definition) is 1. The molecular formula is C16H15N3O4. The predicted molar refractivity (Wildman–Crippen MR) is 85.9 cm³/mol. The van der Waals surface area contributed by atoms with Gasteiger partial charge in [0.15, 0.2) is 0 Å². The molecule has 0 heterocycles. The number of nitro groups is 1. The van der Waals surface area contributed by atoms with Crippen molar-refractivity contribution in [1.29, 1.82) is 0 Å². The molecular weight excluding hydrogens is 298 g/mol. The fraction of sp³-hybridized carbons (Fsp3) is 0.125. The summed E-state index contributed by atoms with van der Waals surface area (Å²) in [6.07, 6.45) is 1.47. The maximum atomic E-state index is 12.1. The Hall–Kier alpha value is -3.22. The van der Waals surface area contributed by atoms with Crippen LogP contribution in [0.1, 0.15) is 21.5 Å². The first-order valence-electron chi connectivity index (χ1n) is 6.74. The lowest BCUT2D eigenvalue weighted by atomic mass is 10.1. The number of nitrogens with zero attached hydrogens (tertiary/aromatic N) is 2. The van der Waals surface area contributed by atoms with Crippen LogP contribution in [-0.2, 0) is 0 Å². The normalized spacial score (nSPS) is 10.5. The third kappa shape index (κ3) is 3.91. The van der Waals surface area contributed by atoms with Crippen LogP contribution in [0.3, 0.4) is 0 Å². The van der Waals surface area contributed by atoms with Gasteiger partial charge in [-0.2, -0.15) is 5.10 Å². The zero-order valence-electron chi connectivity index (χ0n) is 12.6. The van der Waals surface area contributed by atoms with E-state index in [1.165, 1.54) is 31.3 Å². The molecule has 1 N–H and O–H groups in total. The summed E-state index contributed by atoms with van der Waals surface area (Å²) >= 11 is 0. The molecule has 0 aliphatic carbocycles. The zero-order valence-corrected chi connectivity index (χ0v) is 12.6. The Kier molecular flexibility index (Phi) is 5.03. The molecule has 0 radical (unpaired) electrons. The molecule has 0 aromatic heterocycles. The number of methoxy groups -OCH3 is 1. The lowest BCUT2D eigenvalue weighted by molar-refractivity contribution is -0.385. The van der Waals surface area contributed by atoms with E-state index in [4.69, 9.17) is 4.74 Å². The van der Waals surface area contributed by atoms with Crippen molar-refractivity contribution in [2.45, 2.75) is 6.92 Å². The van der Waals surface area contributed by atoms with Crippen molar-refractivity contribution < 1.29 is 14.5 Å². The largest absolute Gasteiger partial charge is 0.497 e. The number of carbonyl (C=O) groups excluding carboxylic acids is 1. The first-order chi connectivity index (χ1) is 11.0. The van der Waals surface area contributed by atoms with Gasteiger partial charge in [-0.3, -0.25) is 14.9 Å². The summed E-state index contributed by atoms with van der Waals surface area (Å²) in [7, 11) is 1.56. The number of rotatable bonds is 5. The van der Waals surface area contributed by atoms with Crippen LogP contribution in [0.15, 0.2) is 47.6 Å². The first kappa shape index (κ1) is 16.2. The molecule has 7 nitrogen and oxygen atoms in total. The summed E-state index contributed by atoms with van der Waals surface area (Å²) in [5.74, 6) is 0.167. The van der Waals surface area contributed by atoms with Gasteiger partial charge in [-0.15, -0.1) is 0 Å². The molecule has 0 aliphatic rings. The maximum absolute atomic E-state index is 12.1. The second kappa shape index (κ2) is 7.17. The van der Waals surface area contributed by atoms with Gasteiger partial charge in [0.05, 0.1) is 23.8 Å². The lowest BCUT2D eigenvalue weighted by Gasteiger charge is -2.04. The highest BCUT2D eigenvalue weighted by Gasteiger charge is 2.17. The third-order valence-corrected chi connectivity index (χ3v) is 3.22. The number of hydrogen-bond acceptors (Lipinski definition) is 5. The molecule has 0 aliphatic heterocycles.